The number of rotatable bonds is 12. The molecular weight excluding hydrogens is 332 g/mol. The van der Waals surface area contributed by atoms with Gasteiger partial charge in [0.05, 0.1) is 0 Å². The summed E-state index contributed by atoms with van der Waals surface area (Å²) in [5.41, 5.74) is 1.39. The Morgan fingerprint density at radius 2 is 1.56 bits per heavy atom. The van der Waals surface area contributed by atoms with Crippen molar-refractivity contribution in [3.63, 3.8) is 0 Å². The Bertz CT molecular complexity index is 538. The fraction of sp³-hybridized carbons (Fsp3) is 0.640. The zero-order valence-electron chi connectivity index (χ0n) is 17.3. The first-order valence-corrected chi connectivity index (χ1v) is 11.2. The number of hydrogen-bond donors (Lipinski definition) is 0. The molecule has 2 heteroatoms. The Morgan fingerprint density at radius 1 is 0.963 bits per heavy atom. The first-order chi connectivity index (χ1) is 13.2. The highest BCUT2D eigenvalue weighted by molar-refractivity contribution is 5.83. The molecule has 0 aromatic heterocycles. The molecule has 2 nitrogen and oxygen atoms in total. The second kappa shape index (κ2) is 12.8. The highest BCUT2D eigenvalue weighted by Crippen LogP contribution is 2.38. The minimum absolute atomic E-state index is 0.399. The van der Waals surface area contributed by atoms with E-state index in [0.717, 1.165) is 5.92 Å². The molecule has 0 N–H and O–H groups in total. The van der Waals surface area contributed by atoms with E-state index in [2.05, 4.69) is 25.6 Å². The first-order valence-electron chi connectivity index (χ1n) is 11.2. The van der Waals surface area contributed by atoms with Gasteiger partial charge in [-0.25, -0.2) is 4.79 Å². The first kappa shape index (κ1) is 21.7. The van der Waals surface area contributed by atoms with Gasteiger partial charge in [0.2, 0.25) is 0 Å². The van der Waals surface area contributed by atoms with Crippen LogP contribution in [0.5, 0.6) is 5.75 Å². The molecule has 1 fully saturated rings. The summed E-state index contributed by atoms with van der Waals surface area (Å²) in [6, 6.07) is 8.05. The predicted octanol–water partition coefficient (Wildman–Crippen LogP) is 7.58. The van der Waals surface area contributed by atoms with Gasteiger partial charge in [0.1, 0.15) is 5.75 Å². The Kier molecular flexibility index (Phi) is 10.3. The van der Waals surface area contributed by atoms with Crippen molar-refractivity contribution < 1.29 is 9.53 Å². The lowest BCUT2D eigenvalue weighted by Crippen LogP contribution is -2.13. The van der Waals surface area contributed by atoms with Gasteiger partial charge in [-0.3, -0.25) is 0 Å². The average molecular weight is 371 g/mol. The van der Waals surface area contributed by atoms with E-state index in [9.17, 15) is 4.79 Å². The van der Waals surface area contributed by atoms with Crippen molar-refractivity contribution in [3.05, 3.63) is 42.5 Å². The van der Waals surface area contributed by atoms with Crippen LogP contribution in [0.4, 0.5) is 0 Å². The number of carbonyl (C=O) groups excluding carboxylic acids is 1. The number of carbonyl (C=O) groups is 1. The topological polar surface area (TPSA) is 26.3 Å². The minimum atomic E-state index is -0.399. The maximum absolute atomic E-state index is 11.2. The maximum Gasteiger partial charge on any atom is 0.335 e. The molecule has 1 saturated carbocycles. The lowest BCUT2D eigenvalue weighted by atomic mass is 9.77. The van der Waals surface area contributed by atoms with Crippen molar-refractivity contribution in [3.8, 4) is 5.75 Å². The molecule has 1 aliphatic carbocycles. The van der Waals surface area contributed by atoms with E-state index >= 15 is 0 Å². The molecule has 27 heavy (non-hydrogen) atoms. The van der Waals surface area contributed by atoms with E-state index in [1.54, 1.807) is 0 Å². The molecule has 150 valence electrons. The summed E-state index contributed by atoms with van der Waals surface area (Å²) in [5.74, 6) is 1.81. The third-order valence-electron chi connectivity index (χ3n) is 6.05. The summed E-state index contributed by atoms with van der Waals surface area (Å²) in [6.07, 6.45) is 19.3. The van der Waals surface area contributed by atoms with Crippen molar-refractivity contribution in [2.24, 2.45) is 5.92 Å². The van der Waals surface area contributed by atoms with Crippen LogP contribution in [0, 0.1) is 5.92 Å². The van der Waals surface area contributed by atoms with Crippen molar-refractivity contribution in [1.29, 1.82) is 0 Å². The quantitative estimate of drug-likeness (QED) is 0.164. The summed E-state index contributed by atoms with van der Waals surface area (Å²) in [6.45, 7) is 5.71. The highest BCUT2D eigenvalue weighted by atomic mass is 16.5. The Morgan fingerprint density at radius 3 is 2.15 bits per heavy atom. The van der Waals surface area contributed by atoms with Crippen LogP contribution < -0.4 is 4.74 Å². The zero-order valence-corrected chi connectivity index (χ0v) is 17.3. The summed E-state index contributed by atoms with van der Waals surface area (Å²) in [7, 11) is 0. The van der Waals surface area contributed by atoms with Crippen molar-refractivity contribution >= 4 is 5.97 Å². The van der Waals surface area contributed by atoms with Gasteiger partial charge in [0, 0.05) is 6.08 Å². The number of unbranched alkanes of at least 4 members (excludes halogenated alkanes) is 7. The van der Waals surface area contributed by atoms with Crippen LogP contribution in [0.15, 0.2) is 36.9 Å². The molecule has 1 aromatic carbocycles. The Hall–Kier alpha value is -1.57. The van der Waals surface area contributed by atoms with Gasteiger partial charge in [0.25, 0.3) is 0 Å². The Balaban J connectivity index is 1.59. The fourth-order valence-corrected chi connectivity index (χ4v) is 4.32. The smallest absolute Gasteiger partial charge is 0.335 e. The van der Waals surface area contributed by atoms with E-state index < -0.39 is 5.97 Å². The van der Waals surface area contributed by atoms with Crippen LogP contribution in [-0.2, 0) is 4.79 Å². The lowest BCUT2D eigenvalue weighted by Gasteiger charge is -2.29. The van der Waals surface area contributed by atoms with Gasteiger partial charge >= 0.3 is 5.97 Å². The molecule has 0 unspecified atom stereocenters. The van der Waals surface area contributed by atoms with Crippen molar-refractivity contribution in [1.82, 2.24) is 0 Å². The third kappa shape index (κ3) is 8.32. The van der Waals surface area contributed by atoms with Gasteiger partial charge in [-0.1, -0.05) is 83.4 Å². The summed E-state index contributed by atoms with van der Waals surface area (Å²) < 4.78 is 5.16. The van der Waals surface area contributed by atoms with Gasteiger partial charge in [-0.2, -0.15) is 0 Å². The van der Waals surface area contributed by atoms with E-state index in [1.165, 1.54) is 95.1 Å². The fourth-order valence-electron chi connectivity index (χ4n) is 4.32. The maximum atomic E-state index is 11.2. The van der Waals surface area contributed by atoms with Crippen LogP contribution in [0.1, 0.15) is 102 Å². The minimum Gasteiger partial charge on any atom is -0.423 e. The predicted molar refractivity (Wildman–Crippen MR) is 114 cm³/mol. The van der Waals surface area contributed by atoms with Gasteiger partial charge < -0.3 is 4.74 Å². The third-order valence-corrected chi connectivity index (χ3v) is 6.05. The summed E-state index contributed by atoms with van der Waals surface area (Å²) >= 11 is 0. The molecule has 0 aliphatic heterocycles. The van der Waals surface area contributed by atoms with E-state index in [-0.39, 0.29) is 0 Å². The van der Waals surface area contributed by atoms with E-state index in [4.69, 9.17) is 4.74 Å². The molecule has 1 aromatic rings. The highest BCUT2D eigenvalue weighted by Gasteiger charge is 2.22. The van der Waals surface area contributed by atoms with Gasteiger partial charge in [0.15, 0.2) is 0 Å². The zero-order chi connectivity index (χ0) is 19.3. The Labute approximate surface area is 166 Å². The lowest BCUT2D eigenvalue weighted by molar-refractivity contribution is -0.128. The molecule has 2 rings (SSSR count). The van der Waals surface area contributed by atoms with Gasteiger partial charge in [-0.05, 0) is 55.2 Å². The van der Waals surface area contributed by atoms with E-state index in [1.807, 2.05) is 12.1 Å². The molecule has 0 amide bonds. The number of esters is 1. The summed E-state index contributed by atoms with van der Waals surface area (Å²) in [4.78, 5) is 11.2. The van der Waals surface area contributed by atoms with Crippen LogP contribution in [0.25, 0.3) is 0 Å². The van der Waals surface area contributed by atoms with Crippen LogP contribution >= 0.6 is 0 Å². The molecule has 0 heterocycles. The summed E-state index contributed by atoms with van der Waals surface area (Å²) in [5, 5.41) is 0. The molecular formula is C25H38O2. The van der Waals surface area contributed by atoms with Crippen molar-refractivity contribution in [2.75, 3.05) is 0 Å². The molecule has 0 spiro atoms. The van der Waals surface area contributed by atoms with Crippen molar-refractivity contribution in [2.45, 2.75) is 96.3 Å². The normalized spacial score (nSPS) is 19.6. The molecule has 0 saturated heterocycles. The number of hydrogen-bond acceptors (Lipinski definition) is 2. The second-order valence-corrected chi connectivity index (χ2v) is 8.18. The average Bonchev–Trinajstić information content (AvgIpc) is 2.71. The van der Waals surface area contributed by atoms with Crippen LogP contribution in [0.3, 0.4) is 0 Å². The molecule has 0 bridgehead atoms. The van der Waals surface area contributed by atoms with Gasteiger partial charge in [-0.15, -0.1) is 0 Å². The monoisotopic (exact) mass is 370 g/mol. The standard InChI is InChI=1S/C25H38O2/c1-3-5-6-7-8-9-10-11-12-21-13-15-22(16-14-21)23-17-19-24(20-18-23)27-25(26)4-2/h4,17-22H,2-3,5-16H2,1H3. The number of ether oxygens (including phenoxy) is 1. The SMILES string of the molecule is C=CC(=O)Oc1ccc(C2CCC(CCCCCCCCCC)CC2)cc1. The molecule has 0 atom stereocenters. The molecule has 1 aliphatic rings. The molecule has 0 radical (unpaired) electrons. The van der Waals surface area contributed by atoms with Crippen LogP contribution in [-0.4, -0.2) is 5.97 Å². The largest absolute Gasteiger partial charge is 0.423 e. The second-order valence-electron chi connectivity index (χ2n) is 8.18. The number of benzene rings is 1. The van der Waals surface area contributed by atoms with E-state index in [0.29, 0.717) is 11.7 Å². The van der Waals surface area contributed by atoms with Crippen LogP contribution in [0.2, 0.25) is 0 Å².